The summed E-state index contributed by atoms with van der Waals surface area (Å²) in [5.74, 6) is -0.0169. The highest BCUT2D eigenvalue weighted by Gasteiger charge is 2.28. The van der Waals surface area contributed by atoms with Gasteiger partial charge in [0.15, 0.2) is 0 Å². The Balaban J connectivity index is 2.13. The van der Waals surface area contributed by atoms with E-state index in [9.17, 15) is 9.90 Å². The second-order valence-corrected chi connectivity index (χ2v) is 6.02. The predicted molar refractivity (Wildman–Crippen MR) is 85.4 cm³/mol. The van der Waals surface area contributed by atoms with Gasteiger partial charge in [-0.05, 0) is 36.6 Å². The monoisotopic (exact) mass is 283 g/mol. The molecule has 0 saturated heterocycles. The van der Waals surface area contributed by atoms with Crippen molar-refractivity contribution in [1.29, 1.82) is 0 Å². The Kier molecular flexibility index (Phi) is 4.32. The van der Waals surface area contributed by atoms with Gasteiger partial charge in [-0.3, -0.25) is 4.79 Å². The lowest BCUT2D eigenvalue weighted by Crippen LogP contribution is -2.32. The molecule has 3 nitrogen and oxygen atoms in total. The van der Waals surface area contributed by atoms with Crippen molar-refractivity contribution in [2.24, 2.45) is 5.41 Å². The summed E-state index contributed by atoms with van der Waals surface area (Å²) >= 11 is 0. The molecule has 2 aromatic rings. The second-order valence-electron chi connectivity index (χ2n) is 6.02. The van der Waals surface area contributed by atoms with Crippen molar-refractivity contribution in [2.45, 2.75) is 27.2 Å². The molecule has 3 heteroatoms. The zero-order valence-electron chi connectivity index (χ0n) is 12.7. The van der Waals surface area contributed by atoms with Crippen LogP contribution < -0.4 is 5.32 Å². The van der Waals surface area contributed by atoms with Crippen LogP contribution in [-0.4, -0.2) is 11.0 Å². The number of carbonyl (C=O) groups excluding carboxylic acids is 1. The highest BCUT2D eigenvalue weighted by atomic mass is 16.3. The number of aryl methyl sites for hydroxylation is 1. The lowest BCUT2D eigenvalue weighted by Gasteiger charge is -2.24. The third kappa shape index (κ3) is 3.85. The Morgan fingerprint density at radius 2 is 1.81 bits per heavy atom. The number of rotatable bonds is 4. The van der Waals surface area contributed by atoms with E-state index in [0.29, 0.717) is 12.1 Å². The van der Waals surface area contributed by atoms with E-state index in [-0.39, 0.29) is 11.7 Å². The number of nitrogens with one attached hydrogen (secondary N) is 1. The minimum Gasteiger partial charge on any atom is -0.506 e. The Bertz CT molecular complexity index is 633. The van der Waals surface area contributed by atoms with Gasteiger partial charge >= 0.3 is 0 Å². The first-order valence-corrected chi connectivity index (χ1v) is 7.03. The molecule has 0 aliphatic carbocycles. The number of hydrogen-bond donors (Lipinski definition) is 2. The highest BCUT2D eigenvalue weighted by molar-refractivity contribution is 5.96. The van der Waals surface area contributed by atoms with Crippen LogP contribution >= 0.6 is 0 Å². The zero-order chi connectivity index (χ0) is 15.5. The number of carbonyl (C=O) groups is 1. The van der Waals surface area contributed by atoms with E-state index < -0.39 is 5.41 Å². The quantitative estimate of drug-likeness (QED) is 0.836. The van der Waals surface area contributed by atoms with Crippen LogP contribution in [-0.2, 0) is 11.2 Å². The van der Waals surface area contributed by atoms with Crippen LogP contribution in [0.15, 0.2) is 48.5 Å². The summed E-state index contributed by atoms with van der Waals surface area (Å²) in [5.41, 5.74) is 2.01. The molecule has 110 valence electrons. The van der Waals surface area contributed by atoms with Crippen molar-refractivity contribution < 1.29 is 9.90 Å². The first-order valence-electron chi connectivity index (χ1n) is 7.03. The summed E-state index contributed by atoms with van der Waals surface area (Å²) in [5, 5.41) is 12.6. The van der Waals surface area contributed by atoms with E-state index in [1.807, 2.05) is 51.1 Å². The van der Waals surface area contributed by atoms with Crippen LogP contribution in [0.1, 0.15) is 25.0 Å². The Morgan fingerprint density at radius 3 is 2.48 bits per heavy atom. The van der Waals surface area contributed by atoms with Gasteiger partial charge < -0.3 is 10.4 Å². The second kappa shape index (κ2) is 6.00. The van der Waals surface area contributed by atoms with Gasteiger partial charge in [-0.1, -0.05) is 50.2 Å². The number of hydrogen-bond acceptors (Lipinski definition) is 2. The van der Waals surface area contributed by atoms with Crippen molar-refractivity contribution in [3.05, 3.63) is 59.7 Å². The van der Waals surface area contributed by atoms with Crippen molar-refractivity contribution in [1.82, 2.24) is 0 Å². The maximum Gasteiger partial charge on any atom is 0.230 e. The highest BCUT2D eigenvalue weighted by Crippen LogP contribution is 2.28. The summed E-state index contributed by atoms with van der Waals surface area (Å²) < 4.78 is 0. The summed E-state index contributed by atoms with van der Waals surface area (Å²) in [4.78, 5) is 12.5. The minimum absolute atomic E-state index is 0.0875. The maximum atomic E-state index is 12.5. The molecule has 0 aromatic heterocycles. The lowest BCUT2D eigenvalue weighted by molar-refractivity contribution is -0.123. The Labute approximate surface area is 125 Å². The summed E-state index contributed by atoms with van der Waals surface area (Å²) in [6.07, 6.45) is 0.645. The van der Waals surface area contributed by atoms with Crippen LogP contribution in [0.3, 0.4) is 0 Å². The summed E-state index contributed by atoms with van der Waals surface area (Å²) in [6.45, 7) is 5.73. The minimum atomic E-state index is -0.558. The molecule has 0 aliphatic heterocycles. The molecule has 0 fully saturated rings. The van der Waals surface area contributed by atoms with Crippen LogP contribution in [0.5, 0.6) is 5.75 Å². The van der Waals surface area contributed by atoms with Crippen molar-refractivity contribution in [3.8, 4) is 5.75 Å². The molecule has 0 unspecified atom stereocenters. The van der Waals surface area contributed by atoms with Gasteiger partial charge in [-0.15, -0.1) is 0 Å². The first kappa shape index (κ1) is 15.1. The van der Waals surface area contributed by atoms with Gasteiger partial charge in [0.25, 0.3) is 0 Å². The van der Waals surface area contributed by atoms with Crippen molar-refractivity contribution in [2.75, 3.05) is 5.32 Å². The van der Waals surface area contributed by atoms with Crippen LogP contribution in [0.25, 0.3) is 0 Å². The van der Waals surface area contributed by atoms with Gasteiger partial charge in [0, 0.05) is 5.41 Å². The van der Waals surface area contributed by atoms with Crippen LogP contribution in [0.2, 0.25) is 0 Å². The third-order valence-corrected chi connectivity index (χ3v) is 3.50. The fourth-order valence-electron chi connectivity index (χ4n) is 2.23. The molecule has 0 atom stereocenters. The molecule has 0 bridgehead atoms. The smallest absolute Gasteiger partial charge is 0.230 e. The SMILES string of the molecule is Cc1ccc(O)c(NC(=O)C(C)(C)Cc2ccccc2)c1. The number of amides is 1. The average molecular weight is 283 g/mol. The van der Waals surface area contributed by atoms with E-state index in [4.69, 9.17) is 0 Å². The van der Waals surface area contributed by atoms with Gasteiger partial charge in [0.1, 0.15) is 5.75 Å². The molecule has 0 heterocycles. The van der Waals surface area contributed by atoms with Gasteiger partial charge in [0.2, 0.25) is 5.91 Å². The molecule has 0 radical (unpaired) electrons. The number of phenolic OH excluding ortho intramolecular Hbond substituents is 1. The summed E-state index contributed by atoms with van der Waals surface area (Å²) in [6, 6.07) is 15.1. The van der Waals surface area contributed by atoms with Crippen molar-refractivity contribution in [3.63, 3.8) is 0 Å². The third-order valence-electron chi connectivity index (χ3n) is 3.50. The van der Waals surface area contributed by atoms with E-state index in [1.54, 1.807) is 18.2 Å². The van der Waals surface area contributed by atoms with Crippen molar-refractivity contribution >= 4 is 11.6 Å². The number of anilines is 1. The lowest BCUT2D eigenvalue weighted by atomic mass is 9.84. The van der Waals surface area contributed by atoms with E-state index in [1.165, 1.54) is 0 Å². The molecular weight excluding hydrogens is 262 g/mol. The topological polar surface area (TPSA) is 49.3 Å². The molecule has 2 N–H and O–H groups in total. The number of aromatic hydroxyl groups is 1. The summed E-state index contributed by atoms with van der Waals surface area (Å²) in [7, 11) is 0. The Morgan fingerprint density at radius 1 is 1.14 bits per heavy atom. The normalized spacial score (nSPS) is 11.2. The average Bonchev–Trinajstić information content (AvgIpc) is 2.43. The fourth-order valence-corrected chi connectivity index (χ4v) is 2.23. The molecule has 1 amide bonds. The molecule has 21 heavy (non-hydrogen) atoms. The molecule has 0 aliphatic rings. The fraction of sp³-hybridized carbons (Fsp3) is 0.278. The Hall–Kier alpha value is -2.29. The number of benzene rings is 2. The van der Waals surface area contributed by atoms with Gasteiger partial charge in [-0.25, -0.2) is 0 Å². The molecule has 0 saturated carbocycles. The molecule has 2 aromatic carbocycles. The van der Waals surface area contributed by atoms with Gasteiger partial charge in [-0.2, -0.15) is 0 Å². The predicted octanol–water partition coefficient (Wildman–Crippen LogP) is 3.91. The molecular formula is C18H21NO2. The first-order chi connectivity index (χ1) is 9.88. The van der Waals surface area contributed by atoms with Crippen LogP contribution in [0, 0.1) is 12.3 Å². The van der Waals surface area contributed by atoms with E-state index >= 15 is 0 Å². The molecule has 2 rings (SSSR count). The van der Waals surface area contributed by atoms with Gasteiger partial charge in [0.05, 0.1) is 5.69 Å². The van der Waals surface area contributed by atoms with E-state index in [0.717, 1.165) is 11.1 Å². The largest absolute Gasteiger partial charge is 0.506 e. The number of phenols is 1. The van der Waals surface area contributed by atoms with Crippen LogP contribution in [0.4, 0.5) is 5.69 Å². The van der Waals surface area contributed by atoms with E-state index in [2.05, 4.69) is 5.32 Å². The standard InChI is InChI=1S/C18H21NO2/c1-13-9-10-16(20)15(11-13)19-17(21)18(2,3)12-14-7-5-4-6-8-14/h4-11,20H,12H2,1-3H3,(H,19,21). The maximum absolute atomic E-state index is 12.5. The molecule has 0 spiro atoms. The zero-order valence-corrected chi connectivity index (χ0v) is 12.7.